The number of carbonyl (C=O) groups excluding carboxylic acids is 1. The van der Waals surface area contributed by atoms with Crippen LogP contribution in [0.2, 0.25) is 0 Å². The van der Waals surface area contributed by atoms with E-state index in [1.165, 1.54) is 24.3 Å². The van der Waals surface area contributed by atoms with Crippen LogP contribution in [0.3, 0.4) is 0 Å². The molecule has 2 aromatic carbocycles. The molecule has 4 nitrogen and oxygen atoms in total. The number of carbonyl (C=O) groups is 1. The number of likely N-dealkylation sites (N-methyl/N-ethyl adjacent to an activating group) is 1. The molecule has 1 N–H and O–H groups in total. The minimum absolute atomic E-state index is 0.397. The van der Waals surface area contributed by atoms with Gasteiger partial charge in [-0.2, -0.15) is 0 Å². The quantitative estimate of drug-likeness (QED) is 0.805. The summed E-state index contributed by atoms with van der Waals surface area (Å²) in [4.78, 5) is 14.1. The van der Waals surface area contributed by atoms with Crippen LogP contribution in [0.1, 0.15) is 30.5 Å². The molecule has 140 valence electrons. The minimum Gasteiger partial charge on any atom is -0.458 e. The van der Waals surface area contributed by atoms with Gasteiger partial charge in [-0.1, -0.05) is 42.0 Å². The zero-order chi connectivity index (χ0) is 19.5. The number of rotatable bonds is 6. The van der Waals surface area contributed by atoms with Crippen LogP contribution in [0.4, 0.5) is 4.39 Å². The molecule has 0 aliphatic heterocycles. The third-order valence-electron chi connectivity index (χ3n) is 4.77. The van der Waals surface area contributed by atoms with Crippen molar-refractivity contribution < 1.29 is 19.0 Å². The van der Waals surface area contributed by atoms with Crippen molar-refractivity contribution in [2.24, 2.45) is 0 Å². The molecule has 3 atom stereocenters. The number of benzene rings is 2. The molecule has 0 aromatic heterocycles. The maximum absolute atomic E-state index is 13.4. The summed E-state index contributed by atoms with van der Waals surface area (Å²) in [5.41, 5.74) is 0.484. The first-order valence-corrected chi connectivity index (χ1v) is 8.58. The zero-order valence-electron chi connectivity index (χ0n) is 15.9. The van der Waals surface area contributed by atoms with E-state index in [0.717, 1.165) is 5.56 Å². The minimum atomic E-state index is -1.59. The highest BCUT2D eigenvalue weighted by atomic mass is 19.1. The Morgan fingerprint density at radius 1 is 1.04 bits per heavy atom. The third kappa shape index (κ3) is 4.11. The molecule has 0 saturated carbocycles. The summed E-state index contributed by atoms with van der Waals surface area (Å²) in [5, 5.41) is 11.6. The maximum atomic E-state index is 13.4. The number of esters is 1. The fourth-order valence-corrected chi connectivity index (χ4v) is 2.72. The monoisotopic (exact) mass is 359 g/mol. The van der Waals surface area contributed by atoms with Crippen molar-refractivity contribution in [3.63, 3.8) is 0 Å². The molecular formula is C21H26FNO3. The fraction of sp³-hybridized carbons (Fsp3) is 0.381. The Morgan fingerprint density at radius 2 is 1.50 bits per heavy atom. The Hall–Kier alpha value is -2.24. The number of aryl methyl sites for hydroxylation is 1. The summed E-state index contributed by atoms with van der Waals surface area (Å²) in [6.45, 7) is 5.32. The molecule has 2 rings (SSSR count). The van der Waals surface area contributed by atoms with Crippen LogP contribution in [-0.2, 0) is 15.1 Å². The lowest BCUT2D eigenvalue weighted by Crippen LogP contribution is -2.45. The van der Waals surface area contributed by atoms with E-state index in [9.17, 15) is 14.3 Å². The summed E-state index contributed by atoms with van der Waals surface area (Å²) in [6, 6.07) is 12.5. The van der Waals surface area contributed by atoms with Crippen LogP contribution in [0, 0.1) is 12.7 Å². The lowest BCUT2D eigenvalue weighted by Gasteiger charge is -2.35. The first-order chi connectivity index (χ1) is 12.2. The van der Waals surface area contributed by atoms with Crippen molar-refractivity contribution in [1.29, 1.82) is 0 Å². The van der Waals surface area contributed by atoms with Gasteiger partial charge in [-0.3, -0.25) is 9.69 Å². The summed E-state index contributed by atoms with van der Waals surface area (Å²) in [6.07, 6.45) is -0.870. The molecule has 0 amide bonds. The fourth-order valence-electron chi connectivity index (χ4n) is 2.72. The lowest BCUT2D eigenvalue weighted by molar-refractivity contribution is -0.164. The summed E-state index contributed by atoms with van der Waals surface area (Å²) < 4.78 is 18.9. The molecule has 0 heterocycles. The van der Waals surface area contributed by atoms with E-state index < -0.39 is 29.5 Å². The van der Waals surface area contributed by atoms with Gasteiger partial charge in [-0.25, -0.2) is 4.39 Å². The normalized spacial score (nSPS) is 16.0. The lowest BCUT2D eigenvalue weighted by atomic mass is 9.82. The first-order valence-electron chi connectivity index (χ1n) is 8.58. The highest BCUT2D eigenvalue weighted by Crippen LogP contribution is 2.35. The number of halogens is 1. The standard InChI is InChI=1S/C21H26FNO3/c1-14-6-8-17(9-7-14)21(25,18-10-12-19(22)13-11-18)16(3)26-20(24)15(2)23(4)5/h6-13,15-16,25H,1-5H3/t15-,16+,21?/m0/s1. The van der Waals surface area contributed by atoms with Gasteiger partial charge in [0.1, 0.15) is 18.0 Å². The van der Waals surface area contributed by atoms with E-state index in [-0.39, 0.29) is 0 Å². The van der Waals surface area contributed by atoms with E-state index in [1.54, 1.807) is 45.0 Å². The van der Waals surface area contributed by atoms with Crippen LogP contribution in [0.25, 0.3) is 0 Å². The van der Waals surface area contributed by atoms with Crippen LogP contribution in [-0.4, -0.2) is 42.2 Å². The van der Waals surface area contributed by atoms with E-state index in [1.807, 2.05) is 19.1 Å². The molecule has 0 radical (unpaired) electrons. The number of ether oxygens (including phenoxy) is 1. The predicted molar refractivity (Wildman–Crippen MR) is 99.3 cm³/mol. The van der Waals surface area contributed by atoms with Gasteiger partial charge in [-0.15, -0.1) is 0 Å². The van der Waals surface area contributed by atoms with Crippen molar-refractivity contribution in [3.8, 4) is 0 Å². The van der Waals surface area contributed by atoms with Gasteiger partial charge in [0.15, 0.2) is 5.60 Å². The SMILES string of the molecule is Cc1ccc(C(O)(c2ccc(F)cc2)[C@@H](C)OC(=O)[C@H](C)N(C)C)cc1. The van der Waals surface area contributed by atoms with Crippen LogP contribution in [0.15, 0.2) is 48.5 Å². The Labute approximate surface area is 154 Å². The smallest absolute Gasteiger partial charge is 0.323 e. The Kier molecular flexibility index (Phi) is 6.16. The maximum Gasteiger partial charge on any atom is 0.323 e. The topological polar surface area (TPSA) is 49.8 Å². The van der Waals surface area contributed by atoms with Crippen molar-refractivity contribution >= 4 is 5.97 Å². The van der Waals surface area contributed by atoms with E-state index in [4.69, 9.17) is 4.74 Å². The zero-order valence-corrected chi connectivity index (χ0v) is 15.9. The molecule has 0 aliphatic carbocycles. The average Bonchev–Trinajstić information content (AvgIpc) is 2.61. The highest BCUT2D eigenvalue weighted by molar-refractivity contribution is 5.75. The van der Waals surface area contributed by atoms with Crippen molar-refractivity contribution in [3.05, 3.63) is 71.0 Å². The third-order valence-corrected chi connectivity index (χ3v) is 4.77. The highest BCUT2D eigenvalue weighted by Gasteiger charge is 2.41. The van der Waals surface area contributed by atoms with Gasteiger partial charge in [0.05, 0.1) is 0 Å². The molecule has 5 heteroatoms. The second-order valence-electron chi connectivity index (χ2n) is 6.86. The van der Waals surface area contributed by atoms with Gasteiger partial charge in [-0.05, 0) is 58.1 Å². The largest absolute Gasteiger partial charge is 0.458 e. The Morgan fingerprint density at radius 3 is 1.96 bits per heavy atom. The van der Waals surface area contributed by atoms with Crippen molar-refractivity contribution in [2.75, 3.05) is 14.1 Å². The van der Waals surface area contributed by atoms with Gasteiger partial charge < -0.3 is 9.84 Å². The van der Waals surface area contributed by atoms with E-state index in [0.29, 0.717) is 11.1 Å². The molecule has 2 aromatic rings. The molecule has 0 bridgehead atoms. The molecule has 0 fully saturated rings. The molecule has 1 unspecified atom stereocenters. The predicted octanol–water partition coefficient (Wildman–Crippen LogP) is 3.25. The van der Waals surface area contributed by atoms with Crippen LogP contribution < -0.4 is 0 Å². The average molecular weight is 359 g/mol. The molecular weight excluding hydrogens is 333 g/mol. The van der Waals surface area contributed by atoms with Gasteiger partial charge in [0.25, 0.3) is 0 Å². The van der Waals surface area contributed by atoms with Gasteiger partial charge in [0, 0.05) is 0 Å². The van der Waals surface area contributed by atoms with Gasteiger partial charge >= 0.3 is 5.97 Å². The molecule has 0 spiro atoms. The second-order valence-corrected chi connectivity index (χ2v) is 6.86. The van der Waals surface area contributed by atoms with E-state index in [2.05, 4.69) is 0 Å². The summed E-state index contributed by atoms with van der Waals surface area (Å²) in [5.74, 6) is -0.832. The number of aliphatic hydroxyl groups is 1. The molecule has 0 aliphatic rings. The first kappa shape index (κ1) is 20.1. The van der Waals surface area contributed by atoms with Gasteiger partial charge in [0.2, 0.25) is 0 Å². The molecule has 26 heavy (non-hydrogen) atoms. The Balaban J connectivity index is 2.44. The second kappa shape index (κ2) is 7.98. The van der Waals surface area contributed by atoms with Crippen molar-refractivity contribution in [2.45, 2.75) is 38.5 Å². The Bertz CT molecular complexity index is 695. The van der Waals surface area contributed by atoms with Crippen LogP contribution >= 0.6 is 0 Å². The summed E-state index contributed by atoms with van der Waals surface area (Å²) in [7, 11) is 3.56. The molecule has 0 saturated heterocycles. The van der Waals surface area contributed by atoms with E-state index >= 15 is 0 Å². The number of hydrogen-bond acceptors (Lipinski definition) is 4. The number of hydrogen-bond donors (Lipinski definition) is 1. The van der Waals surface area contributed by atoms with Crippen LogP contribution in [0.5, 0.6) is 0 Å². The number of nitrogens with zero attached hydrogens (tertiary/aromatic N) is 1. The summed E-state index contributed by atoms with van der Waals surface area (Å²) >= 11 is 0. The van der Waals surface area contributed by atoms with Crippen molar-refractivity contribution in [1.82, 2.24) is 4.90 Å².